The van der Waals surface area contributed by atoms with Gasteiger partial charge in [0.2, 0.25) is 0 Å². The summed E-state index contributed by atoms with van der Waals surface area (Å²) in [5.41, 5.74) is 0.969. The van der Waals surface area contributed by atoms with Crippen LogP contribution in [0.1, 0.15) is 29.3 Å². The van der Waals surface area contributed by atoms with Crippen molar-refractivity contribution in [2.24, 2.45) is 0 Å². The lowest BCUT2D eigenvalue weighted by Gasteiger charge is -2.06. The summed E-state index contributed by atoms with van der Waals surface area (Å²) in [5.74, 6) is -0.174. The molecule has 0 amide bonds. The summed E-state index contributed by atoms with van der Waals surface area (Å²) >= 11 is 1.37. The van der Waals surface area contributed by atoms with Crippen molar-refractivity contribution < 1.29 is 18.3 Å². The molecule has 1 aromatic carbocycles. The van der Waals surface area contributed by atoms with E-state index in [2.05, 4.69) is 0 Å². The molecule has 1 aromatic rings. The van der Waals surface area contributed by atoms with Gasteiger partial charge in [0.15, 0.2) is 9.84 Å². The molecule has 1 rings (SSSR count). The van der Waals surface area contributed by atoms with Crippen LogP contribution in [-0.4, -0.2) is 36.8 Å². The first-order valence-electron chi connectivity index (χ1n) is 6.03. The van der Waals surface area contributed by atoms with Gasteiger partial charge < -0.3 is 5.11 Å². The molecular formula is C13H18O4S2. The van der Waals surface area contributed by atoms with Gasteiger partial charge in [0, 0.05) is 16.4 Å². The molecule has 0 aliphatic heterocycles. The molecule has 0 saturated heterocycles. The molecule has 0 heterocycles. The highest BCUT2D eigenvalue weighted by atomic mass is 32.2. The Morgan fingerprint density at radius 1 is 1.32 bits per heavy atom. The molecule has 0 aromatic heterocycles. The second kappa shape index (κ2) is 6.96. The minimum atomic E-state index is -2.97. The minimum absolute atomic E-state index is 0.127. The molecule has 0 fully saturated rings. The lowest BCUT2D eigenvalue weighted by Crippen LogP contribution is -2.12. The van der Waals surface area contributed by atoms with Gasteiger partial charge in [-0.3, -0.25) is 0 Å². The molecule has 0 aliphatic rings. The standard InChI is InChI=1S/C13H18O4S2/c1-3-7-19(16,17)8-6-18-11-5-4-10(2)12(9-11)13(14)15/h4-5,9H,3,6-8H2,1-2H3,(H,14,15). The Morgan fingerprint density at radius 2 is 2.00 bits per heavy atom. The summed E-state index contributed by atoms with van der Waals surface area (Å²) in [7, 11) is -2.97. The fraction of sp³-hybridized carbons (Fsp3) is 0.462. The number of thioether (sulfide) groups is 1. The van der Waals surface area contributed by atoms with Crippen LogP contribution >= 0.6 is 11.8 Å². The maximum Gasteiger partial charge on any atom is 0.335 e. The zero-order valence-corrected chi connectivity index (χ0v) is 12.7. The first-order valence-corrected chi connectivity index (χ1v) is 8.83. The molecule has 0 atom stereocenters. The number of sulfone groups is 1. The first kappa shape index (κ1) is 16.0. The molecule has 4 nitrogen and oxygen atoms in total. The zero-order chi connectivity index (χ0) is 14.5. The third kappa shape index (κ3) is 5.24. The number of carboxylic acid groups (broad SMARTS) is 1. The summed E-state index contributed by atoms with van der Waals surface area (Å²) in [6.45, 7) is 3.58. The molecule has 0 radical (unpaired) electrons. The molecule has 6 heteroatoms. The van der Waals surface area contributed by atoms with Crippen molar-refractivity contribution in [3.05, 3.63) is 29.3 Å². The van der Waals surface area contributed by atoms with Crippen LogP contribution in [0.3, 0.4) is 0 Å². The normalized spacial score (nSPS) is 11.5. The monoisotopic (exact) mass is 302 g/mol. The second-order valence-corrected chi connectivity index (χ2v) is 7.75. The van der Waals surface area contributed by atoms with Gasteiger partial charge in [0.25, 0.3) is 0 Å². The highest BCUT2D eigenvalue weighted by molar-refractivity contribution is 8.00. The third-order valence-electron chi connectivity index (χ3n) is 2.62. The fourth-order valence-electron chi connectivity index (χ4n) is 1.62. The van der Waals surface area contributed by atoms with Crippen molar-refractivity contribution in [1.82, 2.24) is 0 Å². The van der Waals surface area contributed by atoms with Gasteiger partial charge in [-0.2, -0.15) is 0 Å². The van der Waals surface area contributed by atoms with Crippen LogP contribution in [0, 0.1) is 6.92 Å². The molecular weight excluding hydrogens is 284 g/mol. The predicted octanol–water partition coefficient (Wildman–Crippen LogP) is 2.61. The van der Waals surface area contributed by atoms with Crippen LogP contribution in [0.5, 0.6) is 0 Å². The summed E-state index contributed by atoms with van der Waals surface area (Å²) in [5, 5.41) is 9.01. The van der Waals surface area contributed by atoms with Gasteiger partial charge in [-0.05, 0) is 31.0 Å². The Morgan fingerprint density at radius 3 is 2.58 bits per heavy atom. The Balaban J connectivity index is 2.64. The van der Waals surface area contributed by atoms with E-state index < -0.39 is 15.8 Å². The van der Waals surface area contributed by atoms with E-state index in [1.165, 1.54) is 11.8 Å². The Kier molecular flexibility index (Phi) is 5.87. The molecule has 0 unspecified atom stereocenters. The van der Waals surface area contributed by atoms with E-state index in [9.17, 15) is 13.2 Å². The SMILES string of the molecule is CCCS(=O)(=O)CCSc1ccc(C)c(C(=O)O)c1. The zero-order valence-electron chi connectivity index (χ0n) is 11.0. The van der Waals surface area contributed by atoms with Crippen LogP contribution in [0.2, 0.25) is 0 Å². The molecule has 0 aliphatic carbocycles. The summed E-state index contributed by atoms with van der Waals surface area (Å²) < 4.78 is 23.1. The second-order valence-electron chi connectivity index (χ2n) is 4.28. The largest absolute Gasteiger partial charge is 0.478 e. The summed E-state index contributed by atoms with van der Waals surface area (Å²) in [4.78, 5) is 11.8. The van der Waals surface area contributed by atoms with E-state index in [1.807, 2.05) is 13.0 Å². The topological polar surface area (TPSA) is 71.4 Å². The van der Waals surface area contributed by atoms with E-state index in [1.54, 1.807) is 19.1 Å². The summed E-state index contributed by atoms with van der Waals surface area (Å²) in [6, 6.07) is 5.15. The van der Waals surface area contributed by atoms with E-state index in [0.717, 1.165) is 4.90 Å². The Hall–Kier alpha value is -1.01. The van der Waals surface area contributed by atoms with Crippen molar-refractivity contribution >= 4 is 27.6 Å². The molecule has 106 valence electrons. The van der Waals surface area contributed by atoms with E-state index in [0.29, 0.717) is 17.7 Å². The average molecular weight is 302 g/mol. The Bertz CT molecular complexity index is 550. The predicted molar refractivity (Wildman–Crippen MR) is 77.8 cm³/mol. The average Bonchev–Trinajstić information content (AvgIpc) is 2.30. The van der Waals surface area contributed by atoms with Crippen LogP contribution in [-0.2, 0) is 9.84 Å². The molecule has 0 saturated carbocycles. The third-order valence-corrected chi connectivity index (χ3v) is 5.73. The van der Waals surface area contributed by atoms with E-state index in [4.69, 9.17) is 5.11 Å². The lowest BCUT2D eigenvalue weighted by molar-refractivity contribution is 0.0696. The van der Waals surface area contributed by atoms with Gasteiger partial charge in [0.05, 0.1) is 11.3 Å². The summed E-state index contributed by atoms with van der Waals surface area (Å²) in [6.07, 6.45) is 0.626. The van der Waals surface area contributed by atoms with Gasteiger partial charge in [-0.1, -0.05) is 13.0 Å². The van der Waals surface area contributed by atoms with Crippen molar-refractivity contribution in [1.29, 1.82) is 0 Å². The highest BCUT2D eigenvalue weighted by Crippen LogP contribution is 2.22. The van der Waals surface area contributed by atoms with Crippen LogP contribution in [0.25, 0.3) is 0 Å². The van der Waals surface area contributed by atoms with Crippen molar-refractivity contribution in [3.8, 4) is 0 Å². The minimum Gasteiger partial charge on any atom is -0.478 e. The van der Waals surface area contributed by atoms with E-state index in [-0.39, 0.29) is 17.1 Å². The lowest BCUT2D eigenvalue weighted by atomic mass is 10.1. The van der Waals surface area contributed by atoms with E-state index >= 15 is 0 Å². The number of hydrogen-bond acceptors (Lipinski definition) is 4. The van der Waals surface area contributed by atoms with Crippen LogP contribution in [0.15, 0.2) is 23.1 Å². The number of rotatable bonds is 7. The van der Waals surface area contributed by atoms with Crippen molar-refractivity contribution in [2.45, 2.75) is 25.2 Å². The number of carboxylic acids is 1. The maximum absolute atomic E-state index is 11.5. The smallest absolute Gasteiger partial charge is 0.335 e. The number of benzene rings is 1. The number of hydrogen-bond donors (Lipinski definition) is 1. The molecule has 0 spiro atoms. The molecule has 1 N–H and O–H groups in total. The van der Waals surface area contributed by atoms with Gasteiger partial charge >= 0.3 is 5.97 Å². The first-order chi connectivity index (χ1) is 8.85. The van der Waals surface area contributed by atoms with Crippen LogP contribution in [0.4, 0.5) is 0 Å². The number of carbonyl (C=O) groups is 1. The van der Waals surface area contributed by atoms with Crippen molar-refractivity contribution in [2.75, 3.05) is 17.3 Å². The maximum atomic E-state index is 11.5. The fourth-order valence-corrected chi connectivity index (χ4v) is 4.40. The number of aromatic carboxylic acids is 1. The molecule has 19 heavy (non-hydrogen) atoms. The highest BCUT2D eigenvalue weighted by Gasteiger charge is 2.11. The van der Waals surface area contributed by atoms with Gasteiger partial charge in [-0.25, -0.2) is 13.2 Å². The van der Waals surface area contributed by atoms with Crippen molar-refractivity contribution in [3.63, 3.8) is 0 Å². The quantitative estimate of drug-likeness (QED) is 0.784. The van der Waals surface area contributed by atoms with Crippen LogP contribution < -0.4 is 0 Å². The number of aryl methyl sites for hydroxylation is 1. The molecule has 0 bridgehead atoms. The van der Waals surface area contributed by atoms with Gasteiger partial charge in [0.1, 0.15) is 0 Å². The van der Waals surface area contributed by atoms with Gasteiger partial charge in [-0.15, -0.1) is 11.8 Å². The Labute approximate surface area is 118 Å².